The second-order valence-corrected chi connectivity index (χ2v) is 5.05. The summed E-state index contributed by atoms with van der Waals surface area (Å²) in [4.78, 5) is 9.55. The lowest BCUT2D eigenvalue weighted by atomic mass is 10.3. The molecule has 0 bridgehead atoms. The fourth-order valence-corrected chi connectivity index (χ4v) is 3.61. The van der Waals surface area contributed by atoms with Crippen molar-refractivity contribution in [3.05, 3.63) is 17.8 Å². The Kier molecular flexibility index (Phi) is 1.68. The van der Waals surface area contributed by atoms with E-state index in [2.05, 4.69) is 26.7 Å². The minimum absolute atomic E-state index is 0.916. The van der Waals surface area contributed by atoms with Gasteiger partial charge in [-0.15, -0.1) is 22.7 Å². The third-order valence-corrected chi connectivity index (χ3v) is 4.29. The highest BCUT2D eigenvalue weighted by atomic mass is 32.2. The van der Waals surface area contributed by atoms with Crippen molar-refractivity contribution in [2.75, 3.05) is 12.4 Å². The van der Waals surface area contributed by atoms with Crippen LogP contribution in [0.25, 0.3) is 19.6 Å². The number of hydrogen-bond acceptors (Lipinski definition) is 5. The van der Waals surface area contributed by atoms with Crippen LogP contribution in [0.15, 0.2) is 17.8 Å². The average Bonchev–Trinajstić information content (AvgIpc) is 2.75. The van der Waals surface area contributed by atoms with Gasteiger partial charge in [0, 0.05) is 12.4 Å². The van der Waals surface area contributed by atoms with E-state index in [0.29, 0.717) is 0 Å². The highest BCUT2D eigenvalue weighted by Gasteiger charge is 2.10. The highest BCUT2D eigenvalue weighted by Crippen LogP contribution is 2.38. The van der Waals surface area contributed by atoms with Crippen molar-refractivity contribution in [1.29, 1.82) is 0 Å². The molecule has 0 aliphatic carbocycles. The van der Waals surface area contributed by atoms with Crippen molar-refractivity contribution >= 4 is 48.1 Å². The van der Waals surface area contributed by atoms with Crippen molar-refractivity contribution in [2.45, 2.75) is 0 Å². The lowest BCUT2D eigenvalue weighted by Gasteiger charge is -1.98. The van der Waals surface area contributed by atoms with Gasteiger partial charge in [0.05, 0.1) is 9.40 Å². The molecule has 3 rings (SSSR count). The molecule has 70 valence electrons. The molecule has 5 heteroatoms. The van der Waals surface area contributed by atoms with Crippen LogP contribution in [-0.2, 0) is 0 Å². The molecule has 0 saturated carbocycles. The summed E-state index contributed by atoms with van der Waals surface area (Å²) in [5, 5.41) is 7.62. The van der Waals surface area contributed by atoms with E-state index in [9.17, 15) is 0 Å². The van der Waals surface area contributed by atoms with Gasteiger partial charge in [-0.25, -0.2) is 9.97 Å². The highest BCUT2D eigenvalue weighted by molar-refractivity contribution is 7.40. The molecule has 0 unspecified atom stereocenters. The van der Waals surface area contributed by atoms with E-state index in [-0.39, 0.29) is 0 Å². The number of aromatic nitrogens is 2. The smallest absolute Gasteiger partial charge is 0.138 e. The Morgan fingerprint density at radius 3 is 3.14 bits per heavy atom. The topological polar surface area (TPSA) is 37.8 Å². The van der Waals surface area contributed by atoms with Crippen LogP contribution in [0.2, 0.25) is 0 Å². The zero-order chi connectivity index (χ0) is 9.54. The predicted octanol–water partition coefficient (Wildman–Crippen LogP) is 2.95. The first-order chi connectivity index (χ1) is 6.90. The molecule has 0 saturated heterocycles. The Morgan fingerprint density at radius 1 is 1.36 bits per heavy atom. The predicted molar refractivity (Wildman–Crippen MR) is 62.3 cm³/mol. The minimum Gasteiger partial charge on any atom is -0.372 e. The normalized spacial score (nSPS) is 11.2. The maximum absolute atomic E-state index is 4.27. The Labute approximate surface area is 88.4 Å². The van der Waals surface area contributed by atoms with Gasteiger partial charge >= 0.3 is 0 Å². The van der Waals surface area contributed by atoms with Crippen LogP contribution in [0.3, 0.4) is 0 Å². The molecular weight excluding hydrogens is 214 g/mol. The van der Waals surface area contributed by atoms with E-state index in [1.54, 1.807) is 29.0 Å². The van der Waals surface area contributed by atoms with Crippen LogP contribution in [0, 0.1) is 0 Å². The number of nitrogens with one attached hydrogen (secondary N) is 1. The van der Waals surface area contributed by atoms with Crippen LogP contribution in [0.1, 0.15) is 0 Å². The third-order valence-electron chi connectivity index (χ3n) is 2.14. The van der Waals surface area contributed by atoms with Crippen molar-refractivity contribution in [3.63, 3.8) is 0 Å². The van der Waals surface area contributed by atoms with Gasteiger partial charge in [0.25, 0.3) is 0 Å². The molecule has 0 spiro atoms. The Balaban J connectivity index is 2.57. The van der Waals surface area contributed by atoms with Crippen molar-refractivity contribution < 1.29 is 0 Å². The number of anilines is 1. The van der Waals surface area contributed by atoms with Crippen LogP contribution >= 0.6 is 22.7 Å². The molecule has 0 radical (unpaired) electrons. The van der Waals surface area contributed by atoms with Gasteiger partial charge in [0.15, 0.2) is 0 Å². The van der Waals surface area contributed by atoms with Crippen LogP contribution in [-0.4, -0.2) is 17.0 Å². The molecule has 3 aromatic rings. The number of fused-ring (bicyclic) bond motifs is 3. The number of rotatable bonds is 1. The molecule has 0 fully saturated rings. The van der Waals surface area contributed by atoms with Gasteiger partial charge in [-0.3, -0.25) is 0 Å². The summed E-state index contributed by atoms with van der Waals surface area (Å²) in [7, 11) is 1.89. The fourth-order valence-electron chi connectivity index (χ4n) is 1.53. The van der Waals surface area contributed by atoms with E-state index < -0.39 is 0 Å². The molecule has 0 aromatic carbocycles. The molecule has 0 aliphatic rings. The van der Waals surface area contributed by atoms with Gasteiger partial charge in [-0.05, 0) is 11.4 Å². The molecule has 3 heterocycles. The van der Waals surface area contributed by atoms with E-state index >= 15 is 0 Å². The summed E-state index contributed by atoms with van der Waals surface area (Å²) in [6.45, 7) is 0. The number of hydrogen-bond donors (Lipinski definition) is 1. The molecule has 1 N–H and O–H groups in total. The van der Waals surface area contributed by atoms with Crippen molar-refractivity contribution in [3.8, 4) is 0 Å². The molecule has 14 heavy (non-hydrogen) atoms. The molecule has 0 amide bonds. The van der Waals surface area contributed by atoms with E-state index in [1.807, 2.05) is 7.05 Å². The second-order valence-electron chi connectivity index (χ2n) is 2.88. The number of nitrogens with zero attached hydrogens (tertiary/aromatic N) is 2. The second kappa shape index (κ2) is 2.90. The summed E-state index contributed by atoms with van der Waals surface area (Å²) >= 11 is 3.48. The lowest BCUT2D eigenvalue weighted by molar-refractivity contribution is 1.22. The summed E-state index contributed by atoms with van der Waals surface area (Å²) in [6.07, 6.45) is 1.61. The Hall–Kier alpha value is -1.20. The van der Waals surface area contributed by atoms with E-state index in [0.717, 1.165) is 16.0 Å². The van der Waals surface area contributed by atoms with Crippen LogP contribution in [0.4, 0.5) is 5.82 Å². The van der Waals surface area contributed by atoms with E-state index in [1.165, 1.54) is 9.40 Å². The Bertz CT molecular complexity index is 596. The monoisotopic (exact) mass is 221 g/mol. The van der Waals surface area contributed by atoms with Crippen LogP contribution < -0.4 is 5.32 Å². The zero-order valence-electron chi connectivity index (χ0n) is 7.44. The van der Waals surface area contributed by atoms with Crippen LogP contribution in [0.5, 0.6) is 0 Å². The first-order valence-electron chi connectivity index (χ1n) is 4.18. The largest absolute Gasteiger partial charge is 0.372 e. The fraction of sp³-hybridized carbons (Fsp3) is 0.111. The molecule has 0 atom stereocenters. The Morgan fingerprint density at radius 2 is 2.29 bits per heavy atom. The van der Waals surface area contributed by atoms with Crippen molar-refractivity contribution in [2.24, 2.45) is 0 Å². The summed E-state index contributed by atoms with van der Waals surface area (Å²) in [5.41, 5.74) is 0. The number of thiophene rings is 2. The summed E-state index contributed by atoms with van der Waals surface area (Å²) in [5.74, 6) is 0.916. The minimum atomic E-state index is 0.916. The first kappa shape index (κ1) is 8.14. The molecule has 0 aliphatic heterocycles. The molecular formula is C9H7N3S2. The molecule has 3 aromatic heterocycles. The first-order valence-corrected chi connectivity index (χ1v) is 5.88. The van der Waals surface area contributed by atoms with Crippen molar-refractivity contribution in [1.82, 2.24) is 9.97 Å². The van der Waals surface area contributed by atoms with Gasteiger partial charge in [-0.1, -0.05) is 0 Å². The maximum Gasteiger partial charge on any atom is 0.138 e. The lowest BCUT2D eigenvalue weighted by Crippen LogP contribution is -1.92. The summed E-state index contributed by atoms with van der Waals surface area (Å²) < 4.78 is 1.32. The SMILES string of the molecule is CNc1ncnc2sc3sccc3c12. The molecule has 3 nitrogen and oxygen atoms in total. The maximum atomic E-state index is 4.27. The standard InChI is InChI=1S/C9H7N3S2/c1-10-7-6-5-2-3-13-9(5)14-8(6)12-4-11-7/h2-4H,1H3,(H,10,11,12). The van der Waals surface area contributed by atoms with E-state index in [4.69, 9.17) is 0 Å². The zero-order valence-corrected chi connectivity index (χ0v) is 9.08. The van der Waals surface area contributed by atoms with Gasteiger partial charge in [0.2, 0.25) is 0 Å². The average molecular weight is 221 g/mol. The van der Waals surface area contributed by atoms with Gasteiger partial charge < -0.3 is 5.32 Å². The third kappa shape index (κ3) is 0.964. The van der Waals surface area contributed by atoms with Gasteiger partial charge in [0.1, 0.15) is 17.0 Å². The van der Waals surface area contributed by atoms with Gasteiger partial charge in [-0.2, -0.15) is 0 Å². The summed E-state index contributed by atoms with van der Waals surface area (Å²) in [6, 6.07) is 2.13. The quantitative estimate of drug-likeness (QED) is 0.686.